The molecule has 0 amide bonds. The maximum absolute atomic E-state index is 11.6. The average molecular weight is 276 g/mol. The number of alkyl halides is 1. The summed E-state index contributed by atoms with van der Waals surface area (Å²) >= 11 is 8.98. The molecule has 0 heterocycles. The van der Waals surface area contributed by atoms with Crippen LogP contribution >= 0.6 is 27.5 Å². The van der Waals surface area contributed by atoms with Gasteiger partial charge in [-0.3, -0.25) is 4.79 Å². The van der Waals surface area contributed by atoms with Gasteiger partial charge in [0.1, 0.15) is 0 Å². The molecule has 1 aromatic rings. The number of Topliss-reactive ketones (excluding diaryl/α,β-unsaturated/α-hetero) is 1. The third-order valence-electron chi connectivity index (χ3n) is 2.08. The summed E-state index contributed by atoms with van der Waals surface area (Å²) in [7, 11) is 0. The molecule has 76 valence electrons. The fourth-order valence-electron chi connectivity index (χ4n) is 1.29. The number of aryl methyl sites for hydroxylation is 1. The zero-order valence-corrected chi connectivity index (χ0v) is 10.4. The van der Waals surface area contributed by atoms with Gasteiger partial charge < -0.3 is 0 Å². The summed E-state index contributed by atoms with van der Waals surface area (Å²) in [4.78, 5) is 11.6. The number of hydrogen-bond donors (Lipinski definition) is 0. The minimum Gasteiger partial charge on any atom is -0.294 e. The van der Waals surface area contributed by atoms with Crippen LogP contribution in [0.1, 0.15) is 29.3 Å². The third-order valence-corrected chi connectivity index (χ3v) is 3.21. The van der Waals surface area contributed by atoms with Crippen LogP contribution in [0.4, 0.5) is 0 Å². The van der Waals surface area contributed by atoms with E-state index in [2.05, 4.69) is 22.9 Å². The van der Waals surface area contributed by atoms with E-state index in [1.165, 1.54) is 0 Å². The van der Waals surface area contributed by atoms with Crippen LogP contribution in [0.25, 0.3) is 0 Å². The highest BCUT2D eigenvalue weighted by Gasteiger charge is 2.10. The lowest BCUT2D eigenvalue weighted by atomic mass is 10.0. The van der Waals surface area contributed by atoms with Crippen molar-refractivity contribution in [3.8, 4) is 0 Å². The fraction of sp³-hybridized carbons (Fsp3) is 0.364. The highest BCUT2D eigenvalue weighted by atomic mass is 79.9. The molecule has 0 aliphatic heterocycles. The fourth-order valence-corrected chi connectivity index (χ4v) is 2.23. The van der Waals surface area contributed by atoms with Crippen molar-refractivity contribution in [1.29, 1.82) is 0 Å². The van der Waals surface area contributed by atoms with Crippen molar-refractivity contribution >= 4 is 33.3 Å². The van der Waals surface area contributed by atoms with Gasteiger partial charge in [-0.15, -0.1) is 11.6 Å². The Morgan fingerprint density at radius 2 is 2.21 bits per heavy atom. The quantitative estimate of drug-likeness (QED) is 0.603. The Hall–Kier alpha value is -0.340. The van der Waals surface area contributed by atoms with Gasteiger partial charge in [0.2, 0.25) is 0 Å². The Bertz CT molecular complexity index is 336. The third kappa shape index (κ3) is 2.58. The van der Waals surface area contributed by atoms with Crippen LogP contribution < -0.4 is 0 Å². The number of carbonyl (C=O) groups excluding carboxylic acids is 1. The van der Waals surface area contributed by atoms with Crippen LogP contribution in [0.15, 0.2) is 22.7 Å². The van der Waals surface area contributed by atoms with E-state index in [4.69, 9.17) is 11.6 Å². The van der Waals surface area contributed by atoms with Gasteiger partial charge >= 0.3 is 0 Å². The monoisotopic (exact) mass is 274 g/mol. The summed E-state index contributed by atoms with van der Waals surface area (Å²) in [5, 5.41) is 0. The molecule has 0 aliphatic carbocycles. The van der Waals surface area contributed by atoms with Crippen molar-refractivity contribution < 1.29 is 4.79 Å². The summed E-state index contributed by atoms with van der Waals surface area (Å²) < 4.78 is 0.914. The molecule has 0 fully saturated rings. The van der Waals surface area contributed by atoms with E-state index in [1.807, 2.05) is 18.2 Å². The van der Waals surface area contributed by atoms with Gasteiger partial charge in [0.15, 0.2) is 5.78 Å². The standard InChI is InChI=1S/C11H12BrClO/c1-2-8-4-3-5-9(11(8)12)10(14)6-7-13/h3-5H,2,6-7H2,1H3. The molecule has 0 atom stereocenters. The number of carbonyl (C=O) groups is 1. The molecule has 0 bridgehead atoms. The van der Waals surface area contributed by atoms with Gasteiger partial charge in [0, 0.05) is 22.3 Å². The number of hydrogen-bond acceptors (Lipinski definition) is 1. The smallest absolute Gasteiger partial charge is 0.165 e. The van der Waals surface area contributed by atoms with Crippen molar-refractivity contribution in [3.05, 3.63) is 33.8 Å². The molecular formula is C11H12BrClO. The molecule has 0 spiro atoms. The molecule has 0 aliphatic rings. The average Bonchev–Trinajstić information content (AvgIpc) is 2.18. The second kappa shape index (κ2) is 5.52. The predicted molar refractivity (Wildman–Crippen MR) is 63.2 cm³/mol. The maximum Gasteiger partial charge on any atom is 0.165 e. The molecule has 1 rings (SSSR count). The highest BCUT2D eigenvalue weighted by Crippen LogP contribution is 2.23. The van der Waals surface area contributed by atoms with Gasteiger partial charge in [0.05, 0.1) is 0 Å². The van der Waals surface area contributed by atoms with Crippen LogP contribution in [-0.2, 0) is 6.42 Å². The van der Waals surface area contributed by atoms with Gasteiger partial charge in [-0.2, -0.15) is 0 Å². The van der Waals surface area contributed by atoms with E-state index < -0.39 is 0 Å². The van der Waals surface area contributed by atoms with Crippen LogP contribution in [0.5, 0.6) is 0 Å². The lowest BCUT2D eigenvalue weighted by Gasteiger charge is -2.06. The summed E-state index contributed by atoms with van der Waals surface area (Å²) in [6.07, 6.45) is 1.32. The van der Waals surface area contributed by atoms with Crippen LogP contribution in [0.2, 0.25) is 0 Å². The Kier molecular flexibility index (Phi) is 4.63. The lowest BCUT2D eigenvalue weighted by molar-refractivity contribution is 0.0988. The SMILES string of the molecule is CCc1cccc(C(=O)CCCl)c1Br. The summed E-state index contributed by atoms with van der Waals surface area (Å²) in [5.74, 6) is 0.476. The number of ketones is 1. The molecule has 1 nitrogen and oxygen atoms in total. The first kappa shape index (κ1) is 11.7. The summed E-state index contributed by atoms with van der Waals surface area (Å²) in [6, 6.07) is 5.75. The second-order valence-electron chi connectivity index (χ2n) is 2.99. The maximum atomic E-state index is 11.6. The normalized spacial score (nSPS) is 10.2. The first-order valence-corrected chi connectivity index (χ1v) is 5.90. The minimum atomic E-state index is 0.0992. The zero-order chi connectivity index (χ0) is 10.6. The van der Waals surface area contributed by atoms with Crippen LogP contribution in [0.3, 0.4) is 0 Å². The molecule has 14 heavy (non-hydrogen) atoms. The van der Waals surface area contributed by atoms with E-state index in [1.54, 1.807) is 0 Å². The van der Waals surface area contributed by atoms with Crippen LogP contribution in [0, 0.1) is 0 Å². The molecule has 0 unspecified atom stereocenters. The predicted octanol–water partition coefficient (Wildman–Crippen LogP) is 3.82. The molecule has 3 heteroatoms. The van der Waals surface area contributed by atoms with Gasteiger partial charge in [-0.1, -0.05) is 25.1 Å². The Morgan fingerprint density at radius 3 is 2.79 bits per heavy atom. The van der Waals surface area contributed by atoms with E-state index in [0.29, 0.717) is 12.3 Å². The Labute approximate surface area is 97.6 Å². The van der Waals surface area contributed by atoms with E-state index in [0.717, 1.165) is 22.0 Å². The van der Waals surface area contributed by atoms with Crippen molar-refractivity contribution in [2.75, 3.05) is 5.88 Å². The van der Waals surface area contributed by atoms with Crippen LogP contribution in [-0.4, -0.2) is 11.7 Å². The zero-order valence-electron chi connectivity index (χ0n) is 8.02. The molecule has 0 aromatic heterocycles. The van der Waals surface area contributed by atoms with Crippen molar-refractivity contribution in [2.24, 2.45) is 0 Å². The molecule has 0 saturated heterocycles. The minimum absolute atomic E-state index is 0.0992. The Balaban J connectivity index is 3.03. The van der Waals surface area contributed by atoms with Crippen molar-refractivity contribution in [1.82, 2.24) is 0 Å². The number of halogens is 2. The van der Waals surface area contributed by atoms with E-state index in [9.17, 15) is 4.79 Å². The molecule has 0 saturated carbocycles. The molecule has 0 radical (unpaired) electrons. The number of rotatable bonds is 4. The van der Waals surface area contributed by atoms with Gasteiger partial charge in [0.25, 0.3) is 0 Å². The molecule has 1 aromatic carbocycles. The second-order valence-corrected chi connectivity index (χ2v) is 4.17. The van der Waals surface area contributed by atoms with Gasteiger partial charge in [-0.05, 0) is 27.9 Å². The van der Waals surface area contributed by atoms with Gasteiger partial charge in [-0.25, -0.2) is 0 Å². The largest absolute Gasteiger partial charge is 0.294 e. The first-order chi connectivity index (χ1) is 6.70. The summed E-state index contributed by atoms with van der Waals surface area (Å²) in [6.45, 7) is 2.07. The van der Waals surface area contributed by atoms with Crippen molar-refractivity contribution in [3.63, 3.8) is 0 Å². The molecular weight excluding hydrogens is 263 g/mol. The van der Waals surface area contributed by atoms with Crippen molar-refractivity contribution in [2.45, 2.75) is 19.8 Å². The van der Waals surface area contributed by atoms with E-state index >= 15 is 0 Å². The first-order valence-electron chi connectivity index (χ1n) is 4.57. The number of benzene rings is 1. The topological polar surface area (TPSA) is 17.1 Å². The molecule has 0 N–H and O–H groups in total. The Morgan fingerprint density at radius 1 is 1.50 bits per heavy atom. The highest BCUT2D eigenvalue weighted by molar-refractivity contribution is 9.10. The summed E-state index contributed by atoms with van der Waals surface area (Å²) in [5.41, 5.74) is 1.90. The lowest BCUT2D eigenvalue weighted by Crippen LogP contribution is -2.02. The van der Waals surface area contributed by atoms with E-state index in [-0.39, 0.29) is 5.78 Å².